The number of rotatable bonds is 8. The molecule has 6 nitrogen and oxygen atoms in total. The molecule has 0 unspecified atom stereocenters. The lowest BCUT2D eigenvalue weighted by Crippen LogP contribution is -2.27. The fourth-order valence-electron chi connectivity index (χ4n) is 4.56. The Labute approximate surface area is 200 Å². The van der Waals surface area contributed by atoms with Gasteiger partial charge in [-0.15, -0.1) is 0 Å². The molecule has 3 N–H and O–H groups in total. The molecule has 0 bridgehead atoms. The van der Waals surface area contributed by atoms with Crippen molar-refractivity contribution >= 4 is 16.9 Å². The minimum Gasteiger partial charge on any atom is -0.339 e. The van der Waals surface area contributed by atoms with Crippen LogP contribution in [0.2, 0.25) is 0 Å². The van der Waals surface area contributed by atoms with E-state index in [1.54, 1.807) is 0 Å². The number of aromatic nitrogens is 2. The molecule has 1 aliphatic rings. The Hall–Kier alpha value is -3.48. The smallest absolute Gasteiger partial charge is 0.253 e. The molecular weight excluding hydrogens is 422 g/mol. The molecule has 1 fully saturated rings. The van der Waals surface area contributed by atoms with E-state index in [0.717, 1.165) is 61.2 Å². The van der Waals surface area contributed by atoms with E-state index in [9.17, 15) is 4.79 Å². The first-order valence-corrected chi connectivity index (χ1v) is 12.0. The SMILES string of the molecule is NCCNCc1ccc(-c2ccc3ncn(Cc4ccc(C(=O)N5CCCC5)cc4)c3c2)cc1. The molecule has 5 rings (SSSR count). The van der Waals surface area contributed by atoms with Gasteiger partial charge in [0, 0.05) is 44.8 Å². The van der Waals surface area contributed by atoms with E-state index in [1.807, 2.05) is 23.4 Å². The van der Waals surface area contributed by atoms with Crippen molar-refractivity contribution in [2.75, 3.05) is 26.2 Å². The summed E-state index contributed by atoms with van der Waals surface area (Å²) in [7, 11) is 0. The molecule has 6 heteroatoms. The summed E-state index contributed by atoms with van der Waals surface area (Å²) in [5.74, 6) is 0.142. The molecule has 0 aliphatic carbocycles. The average Bonchev–Trinajstić information content (AvgIpc) is 3.55. The first kappa shape index (κ1) is 22.3. The van der Waals surface area contributed by atoms with Gasteiger partial charge in [-0.25, -0.2) is 4.98 Å². The number of nitrogens with one attached hydrogen (secondary N) is 1. The summed E-state index contributed by atoms with van der Waals surface area (Å²) in [4.78, 5) is 19.1. The minimum absolute atomic E-state index is 0.142. The van der Waals surface area contributed by atoms with Crippen molar-refractivity contribution in [1.82, 2.24) is 19.8 Å². The van der Waals surface area contributed by atoms with E-state index >= 15 is 0 Å². The molecule has 2 heterocycles. The van der Waals surface area contributed by atoms with E-state index in [0.29, 0.717) is 13.1 Å². The molecule has 0 saturated carbocycles. The molecule has 34 heavy (non-hydrogen) atoms. The summed E-state index contributed by atoms with van der Waals surface area (Å²) in [5, 5.41) is 3.33. The predicted octanol–water partition coefficient (Wildman–Crippen LogP) is 4.04. The average molecular weight is 454 g/mol. The monoisotopic (exact) mass is 453 g/mol. The molecular formula is C28H31N5O. The number of carbonyl (C=O) groups excluding carboxylic acids is 1. The molecule has 0 atom stereocenters. The van der Waals surface area contributed by atoms with E-state index < -0.39 is 0 Å². The topological polar surface area (TPSA) is 76.2 Å². The lowest BCUT2D eigenvalue weighted by Gasteiger charge is -2.15. The van der Waals surface area contributed by atoms with Crippen molar-refractivity contribution in [3.05, 3.63) is 89.7 Å². The van der Waals surface area contributed by atoms with Crippen molar-refractivity contribution in [2.24, 2.45) is 5.73 Å². The van der Waals surface area contributed by atoms with Crippen molar-refractivity contribution < 1.29 is 4.79 Å². The van der Waals surface area contributed by atoms with Gasteiger partial charge in [-0.2, -0.15) is 0 Å². The lowest BCUT2D eigenvalue weighted by molar-refractivity contribution is 0.0793. The number of imidazole rings is 1. The summed E-state index contributed by atoms with van der Waals surface area (Å²) in [6.07, 6.45) is 4.11. The number of fused-ring (bicyclic) bond motifs is 1. The van der Waals surface area contributed by atoms with E-state index in [2.05, 4.69) is 69.5 Å². The fourth-order valence-corrected chi connectivity index (χ4v) is 4.56. The number of likely N-dealkylation sites (tertiary alicyclic amines) is 1. The zero-order valence-electron chi connectivity index (χ0n) is 19.4. The van der Waals surface area contributed by atoms with Gasteiger partial charge >= 0.3 is 0 Å². The maximum atomic E-state index is 12.6. The molecule has 0 spiro atoms. The summed E-state index contributed by atoms with van der Waals surface area (Å²) in [6, 6.07) is 23.1. The van der Waals surface area contributed by atoms with Gasteiger partial charge in [0.05, 0.1) is 17.4 Å². The lowest BCUT2D eigenvalue weighted by atomic mass is 10.0. The predicted molar refractivity (Wildman–Crippen MR) is 137 cm³/mol. The van der Waals surface area contributed by atoms with Crippen LogP contribution in [0, 0.1) is 0 Å². The van der Waals surface area contributed by atoms with Gasteiger partial charge in [0.15, 0.2) is 0 Å². The molecule has 1 amide bonds. The van der Waals surface area contributed by atoms with Crippen LogP contribution in [0.3, 0.4) is 0 Å². The Kier molecular flexibility index (Phi) is 6.70. The third-order valence-corrected chi connectivity index (χ3v) is 6.51. The number of amides is 1. The van der Waals surface area contributed by atoms with E-state index in [1.165, 1.54) is 16.7 Å². The summed E-state index contributed by atoms with van der Waals surface area (Å²) in [6.45, 7) is 4.75. The van der Waals surface area contributed by atoms with Gasteiger partial charge in [-0.3, -0.25) is 4.79 Å². The zero-order chi connectivity index (χ0) is 23.3. The first-order chi connectivity index (χ1) is 16.7. The van der Waals surface area contributed by atoms with Crippen LogP contribution in [-0.2, 0) is 13.1 Å². The van der Waals surface area contributed by atoms with Crippen LogP contribution >= 0.6 is 0 Å². The normalized spacial score (nSPS) is 13.6. The Morgan fingerprint density at radius 1 is 0.912 bits per heavy atom. The highest BCUT2D eigenvalue weighted by atomic mass is 16.2. The molecule has 1 aliphatic heterocycles. The Bertz CT molecular complexity index is 1250. The maximum absolute atomic E-state index is 12.6. The summed E-state index contributed by atoms with van der Waals surface area (Å²) >= 11 is 0. The largest absolute Gasteiger partial charge is 0.339 e. The van der Waals surface area contributed by atoms with Gasteiger partial charge in [0.2, 0.25) is 0 Å². The molecule has 4 aromatic rings. The van der Waals surface area contributed by atoms with Gasteiger partial charge in [-0.1, -0.05) is 42.5 Å². The molecule has 0 radical (unpaired) electrons. The van der Waals surface area contributed by atoms with Crippen LogP contribution in [0.4, 0.5) is 0 Å². The number of nitrogens with two attached hydrogens (primary N) is 1. The van der Waals surface area contributed by atoms with Crippen molar-refractivity contribution in [1.29, 1.82) is 0 Å². The third kappa shape index (κ3) is 4.88. The highest BCUT2D eigenvalue weighted by molar-refractivity contribution is 5.94. The minimum atomic E-state index is 0.142. The Morgan fingerprint density at radius 3 is 2.35 bits per heavy atom. The van der Waals surface area contributed by atoms with Crippen LogP contribution in [0.15, 0.2) is 73.1 Å². The molecule has 3 aromatic carbocycles. The van der Waals surface area contributed by atoms with Gasteiger partial charge in [-0.05, 0) is 59.4 Å². The first-order valence-electron chi connectivity index (χ1n) is 12.0. The van der Waals surface area contributed by atoms with E-state index in [4.69, 9.17) is 5.73 Å². The Morgan fingerprint density at radius 2 is 1.62 bits per heavy atom. The van der Waals surface area contributed by atoms with Crippen molar-refractivity contribution in [3.63, 3.8) is 0 Å². The molecule has 1 aromatic heterocycles. The van der Waals surface area contributed by atoms with Crippen molar-refractivity contribution in [2.45, 2.75) is 25.9 Å². The summed E-state index contributed by atoms with van der Waals surface area (Å²) < 4.78 is 2.17. The number of hydrogen-bond donors (Lipinski definition) is 2. The van der Waals surface area contributed by atoms with E-state index in [-0.39, 0.29) is 5.91 Å². The molecule has 174 valence electrons. The van der Waals surface area contributed by atoms with Gasteiger partial charge in [0.25, 0.3) is 5.91 Å². The van der Waals surface area contributed by atoms with Gasteiger partial charge in [0.1, 0.15) is 0 Å². The third-order valence-electron chi connectivity index (χ3n) is 6.51. The highest BCUT2D eigenvalue weighted by Gasteiger charge is 2.19. The number of hydrogen-bond acceptors (Lipinski definition) is 4. The van der Waals surface area contributed by atoms with Crippen molar-refractivity contribution in [3.8, 4) is 11.1 Å². The summed E-state index contributed by atoms with van der Waals surface area (Å²) in [5.41, 5.74) is 13.1. The Balaban J connectivity index is 1.32. The number of nitrogens with zero attached hydrogens (tertiary/aromatic N) is 3. The van der Waals surface area contributed by atoms with Crippen LogP contribution in [0.5, 0.6) is 0 Å². The van der Waals surface area contributed by atoms with Crippen LogP contribution in [0.25, 0.3) is 22.2 Å². The zero-order valence-corrected chi connectivity index (χ0v) is 19.4. The maximum Gasteiger partial charge on any atom is 0.253 e. The fraction of sp³-hybridized carbons (Fsp3) is 0.286. The van der Waals surface area contributed by atoms with Crippen LogP contribution in [0.1, 0.15) is 34.3 Å². The highest BCUT2D eigenvalue weighted by Crippen LogP contribution is 2.25. The van der Waals surface area contributed by atoms with Gasteiger partial charge < -0.3 is 20.5 Å². The number of carbonyl (C=O) groups is 1. The standard InChI is InChI=1S/C28H31N5O/c29-13-14-30-18-21-3-7-23(8-4-21)25-11-12-26-27(17-25)33(20-31-26)19-22-5-9-24(10-6-22)28(34)32-15-1-2-16-32/h3-12,17,20,30H,1-2,13-16,18-19,29H2. The number of benzene rings is 3. The second-order valence-electron chi connectivity index (χ2n) is 8.93. The second-order valence-corrected chi connectivity index (χ2v) is 8.93. The van der Waals surface area contributed by atoms with Crippen LogP contribution in [-0.4, -0.2) is 46.5 Å². The van der Waals surface area contributed by atoms with Crippen LogP contribution < -0.4 is 11.1 Å². The quantitative estimate of drug-likeness (QED) is 0.395. The second kappa shape index (κ2) is 10.2. The molecule has 1 saturated heterocycles.